The van der Waals surface area contributed by atoms with Crippen molar-refractivity contribution in [1.82, 2.24) is 5.32 Å². The van der Waals surface area contributed by atoms with Crippen LogP contribution in [0, 0.1) is 0 Å². The van der Waals surface area contributed by atoms with Gasteiger partial charge in [-0.05, 0) is 26.0 Å². The van der Waals surface area contributed by atoms with Crippen molar-refractivity contribution in [2.24, 2.45) is 0 Å². The third-order valence-corrected chi connectivity index (χ3v) is 2.27. The van der Waals surface area contributed by atoms with Crippen molar-refractivity contribution < 1.29 is 4.42 Å². The number of hydrogen-bond donors (Lipinski definition) is 1. The normalized spacial score (nSPS) is 13.1. The van der Waals surface area contributed by atoms with Gasteiger partial charge in [-0.2, -0.15) is 0 Å². The van der Waals surface area contributed by atoms with E-state index in [-0.39, 0.29) is 0 Å². The Morgan fingerprint density at radius 2 is 2.31 bits per heavy atom. The number of nitrogens with one attached hydrogen (secondary N) is 1. The van der Waals surface area contributed by atoms with E-state index in [1.165, 1.54) is 24.8 Å². The smallest absolute Gasteiger partial charge is 0.0950 e. The van der Waals surface area contributed by atoms with Crippen molar-refractivity contribution >= 4 is 0 Å². The summed E-state index contributed by atoms with van der Waals surface area (Å²) in [6, 6.07) is 2.42. The van der Waals surface area contributed by atoms with Crippen molar-refractivity contribution in [2.45, 2.75) is 39.2 Å². The van der Waals surface area contributed by atoms with E-state index in [9.17, 15) is 0 Å². The SMILES string of the molecule is CCCCCNC(C)c1ccoc1. The van der Waals surface area contributed by atoms with Crippen LogP contribution in [0.1, 0.15) is 44.7 Å². The molecule has 0 aliphatic rings. The summed E-state index contributed by atoms with van der Waals surface area (Å²) < 4.78 is 5.02. The topological polar surface area (TPSA) is 25.2 Å². The molecule has 0 aliphatic carbocycles. The summed E-state index contributed by atoms with van der Waals surface area (Å²) in [5.41, 5.74) is 1.23. The molecule has 13 heavy (non-hydrogen) atoms. The van der Waals surface area contributed by atoms with Crippen molar-refractivity contribution in [3.05, 3.63) is 24.2 Å². The Labute approximate surface area is 80.3 Å². The molecule has 0 saturated carbocycles. The Balaban J connectivity index is 2.15. The summed E-state index contributed by atoms with van der Waals surface area (Å²) in [4.78, 5) is 0. The van der Waals surface area contributed by atoms with E-state index < -0.39 is 0 Å². The maximum Gasteiger partial charge on any atom is 0.0950 e. The summed E-state index contributed by atoms with van der Waals surface area (Å²) in [6.45, 7) is 5.48. The Bertz CT molecular complexity index is 206. The van der Waals surface area contributed by atoms with Crippen molar-refractivity contribution in [2.75, 3.05) is 6.54 Å². The summed E-state index contributed by atoms with van der Waals surface area (Å²) in [5.74, 6) is 0. The van der Waals surface area contributed by atoms with Gasteiger partial charge in [0.2, 0.25) is 0 Å². The Morgan fingerprint density at radius 1 is 1.46 bits per heavy atom. The molecule has 2 nitrogen and oxygen atoms in total. The van der Waals surface area contributed by atoms with Gasteiger partial charge >= 0.3 is 0 Å². The molecule has 1 rings (SSSR count). The molecule has 0 aromatic carbocycles. The summed E-state index contributed by atoms with van der Waals surface area (Å²) in [5, 5.41) is 3.46. The van der Waals surface area contributed by atoms with E-state index in [0.29, 0.717) is 6.04 Å². The third-order valence-electron chi connectivity index (χ3n) is 2.27. The molecule has 0 spiro atoms. The van der Waals surface area contributed by atoms with Gasteiger partial charge in [-0.1, -0.05) is 19.8 Å². The number of unbranched alkanes of at least 4 members (excludes halogenated alkanes) is 2. The van der Waals surface area contributed by atoms with Crippen LogP contribution in [0.5, 0.6) is 0 Å². The van der Waals surface area contributed by atoms with Gasteiger partial charge in [0.25, 0.3) is 0 Å². The van der Waals surface area contributed by atoms with Crippen LogP contribution in [0.15, 0.2) is 23.0 Å². The Morgan fingerprint density at radius 3 is 2.92 bits per heavy atom. The predicted molar refractivity (Wildman–Crippen MR) is 54.7 cm³/mol. The van der Waals surface area contributed by atoms with Gasteiger partial charge in [0.15, 0.2) is 0 Å². The van der Waals surface area contributed by atoms with E-state index in [2.05, 4.69) is 19.2 Å². The predicted octanol–water partition coefficient (Wildman–Crippen LogP) is 3.12. The molecular weight excluding hydrogens is 162 g/mol. The largest absolute Gasteiger partial charge is 0.472 e. The fraction of sp³-hybridized carbons (Fsp3) is 0.636. The second-order valence-corrected chi connectivity index (χ2v) is 3.44. The van der Waals surface area contributed by atoms with Crippen molar-refractivity contribution in [3.63, 3.8) is 0 Å². The first-order valence-corrected chi connectivity index (χ1v) is 5.10. The minimum atomic E-state index is 0.413. The zero-order valence-corrected chi connectivity index (χ0v) is 8.55. The molecule has 1 aromatic heterocycles. The minimum Gasteiger partial charge on any atom is -0.472 e. The highest BCUT2D eigenvalue weighted by Crippen LogP contribution is 2.11. The van der Waals surface area contributed by atoms with E-state index >= 15 is 0 Å². The van der Waals surface area contributed by atoms with E-state index in [1.807, 2.05) is 6.07 Å². The van der Waals surface area contributed by atoms with Gasteiger partial charge in [0.1, 0.15) is 0 Å². The van der Waals surface area contributed by atoms with Gasteiger partial charge in [-0.3, -0.25) is 0 Å². The highest BCUT2D eigenvalue weighted by Gasteiger charge is 2.04. The van der Waals surface area contributed by atoms with Gasteiger partial charge in [0.05, 0.1) is 12.5 Å². The van der Waals surface area contributed by atoms with Gasteiger partial charge < -0.3 is 9.73 Å². The Kier molecular flexibility index (Phi) is 4.61. The lowest BCUT2D eigenvalue weighted by molar-refractivity contribution is 0.525. The van der Waals surface area contributed by atoms with Crippen LogP contribution < -0.4 is 5.32 Å². The molecular formula is C11H19NO. The molecule has 0 amide bonds. The lowest BCUT2D eigenvalue weighted by Gasteiger charge is -2.10. The molecule has 0 aliphatic heterocycles. The van der Waals surface area contributed by atoms with Crippen LogP contribution in [0.2, 0.25) is 0 Å². The second-order valence-electron chi connectivity index (χ2n) is 3.44. The monoisotopic (exact) mass is 181 g/mol. The number of hydrogen-bond acceptors (Lipinski definition) is 2. The van der Waals surface area contributed by atoms with E-state index in [1.54, 1.807) is 12.5 Å². The quantitative estimate of drug-likeness (QED) is 0.682. The molecule has 2 heteroatoms. The van der Waals surface area contributed by atoms with Gasteiger partial charge in [0, 0.05) is 11.6 Å². The molecule has 1 heterocycles. The van der Waals surface area contributed by atoms with Gasteiger partial charge in [-0.25, -0.2) is 0 Å². The van der Waals surface area contributed by atoms with Crippen LogP contribution in [-0.4, -0.2) is 6.54 Å². The average molecular weight is 181 g/mol. The van der Waals surface area contributed by atoms with Crippen LogP contribution >= 0.6 is 0 Å². The maximum absolute atomic E-state index is 5.02. The van der Waals surface area contributed by atoms with Crippen molar-refractivity contribution in [1.29, 1.82) is 0 Å². The molecule has 0 radical (unpaired) electrons. The van der Waals surface area contributed by atoms with Gasteiger partial charge in [-0.15, -0.1) is 0 Å². The molecule has 0 fully saturated rings. The molecule has 0 saturated heterocycles. The lowest BCUT2D eigenvalue weighted by Crippen LogP contribution is -2.19. The highest BCUT2D eigenvalue weighted by molar-refractivity contribution is 5.09. The zero-order chi connectivity index (χ0) is 9.52. The second kappa shape index (κ2) is 5.81. The first-order valence-electron chi connectivity index (χ1n) is 5.10. The summed E-state index contributed by atoms with van der Waals surface area (Å²) in [7, 11) is 0. The fourth-order valence-corrected chi connectivity index (χ4v) is 1.33. The molecule has 1 aromatic rings. The van der Waals surface area contributed by atoms with Crippen LogP contribution in [-0.2, 0) is 0 Å². The first-order chi connectivity index (χ1) is 6.34. The molecule has 1 atom stereocenters. The van der Waals surface area contributed by atoms with E-state index in [0.717, 1.165) is 6.54 Å². The number of furan rings is 1. The van der Waals surface area contributed by atoms with Crippen LogP contribution in [0.4, 0.5) is 0 Å². The molecule has 1 unspecified atom stereocenters. The van der Waals surface area contributed by atoms with Crippen LogP contribution in [0.25, 0.3) is 0 Å². The lowest BCUT2D eigenvalue weighted by atomic mass is 10.1. The zero-order valence-electron chi connectivity index (χ0n) is 8.55. The minimum absolute atomic E-state index is 0.413. The average Bonchev–Trinajstić information content (AvgIpc) is 2.65. The first kappa shape index (κ1) is 10.3. The Hall–Kier alpha value is -0.760. The van der Waals surface area contributed by atoms with E-state index in [4.69, 9.17) is 4.42 Å². The summed E-state index contributed by atoms with van der Waals surface area (Å²) >= 11 is 0. The van der Waals surface area contributed by atoms with Crippen LogP contribution in [0.3, 0.4) is 0 Å². The maximum atomic E-state index is 5.02. The molecule has 1 N–H and O–H groups in total. The standard InChI is InChI=1S/C11H19NO/c1-3-4-5-7-12-10(2)11-6-8-13-9-11/h6,8-10,12H,3-5,7H2,1-2H3. The molecule has 0 bridgehead atoms. The third kappa shape index (κ3) is 3.64. The number of rotatable bonds is 6. The fourth-order valence-electron chi connectivity index (χ4n) is 1.33. The van der Waals surface area contributed by atoms with Crippen molar-refractivity contribution in [3.8, 4) is 0 Å². The molecule has 74 valence electrons. The summed E-state index contributed by atoms with van der Waals surface area (Å²) in [6.07, 6.45) is 7.38. The highest BCUT2D eigenvalue weighted by atomic mass is 16.3.